The number of rotatable bonds is 7. The number of nitrogens with one attached hydrogen (secondary N) is 1. The second kappa shape index (κ2) is 8.73. The highest BCUT2D eigenvalue weighted by Gasteiger charge is 2.25. The van der Waals surface area contributed by atoms with Crippen molar-refractivity contribution < 1.29 is 17.5 Å². The molecule has 1 aliphatic rings. The van der Waals surface area contributed by atoms with E-state index in [1.807, 2.05) is 24.3 Å². The Morgan fingerprint density at radius 2 is 1.81 bits per heavy atom. The summed E-state index contributed by atoms with van der Waals surface area (Å²) in [5.41, 5.74) is 1.49. The summed E-state index contributed by atoms with van der Waals surface area (Å²) in [5.74, 6) is -0.403. The maximum Gasteiger partial charge on any atom is 0.215 e. The highest BCUT2D eigenvalue weighted by Crippen LogP contribution is 2.22. The lowest BCUT2D eigenvalue weighted by Crippen LogP contribution is -2.44. The first-order valence-electron chi connectivity index (χ1n) is 8.62. The first-order valence-corrected chi connectivity index (χ1v) is 10.3. The third kappa shape index (κ3) is 5.35. The molecule has 2 aromatic rings. The maximum absolute atomic E-state index is 13.7. The van der Waals surface area contributed by atoms with Gasteiger partial charge in [0.1, 0.15) is 5.82 Å². The molecule has 1 N–H and O–H groups in total. The Morgan fingerprint density at radius 1 is 1.08 bits per heavy atom. The van der Waals surface area contributed by atoms with Crippen LogP contribution in [0.4, 0.5) is 4.39 Å². The van der Waals surface area contributed by atoms with Gasteiger partial charge < -0.3 is 4.74 Å². The largest absolute Gasteiger partial charge is 0.379 e. The van der Waals surface area contributed by atoms with Crippen molar-refractivity contribution in [2.24, 2.45) is 0 Å². The molecule has 7 heteroatoms. The fourth-order valence-corrected chi connectivity index (χ4v) is 4.26. The summed E-state index contributed by atoms with van der Waals surface area (Å²) in [7, 11) is -3.49. The molecule has 0 radical (unpaired) electrons. The Balaban J connectivity index is 1.73. The fourth-order valence-electron chi connectivity index (χ4n) is 3.11. The number of halogens is 1. The smallest absolute Gasteiger partial charge is 0.215 e. The van der Waals surface area contributed by atoms with Gasteiger partial charge in [-0.05, 0) is 23.3 Å². The van der Waals surface area contributed by atoms with Crippen molar-refractivity contribution in [2.45, 2.75) is 11.8 Å². The summed E-state index contributed by atoms with van der Waals surface area (Å²) in [5, 5.41) is 0. The molecule has 3 rings (SSSR count). The van der Waals surface area contributed by atoms with E-state index < -0.39 is 10.0 Å². The number of benzene rings is 2. The van der Waals surface area contributed by atoms with E-state index in [4.69, 9.17) is 4.74 Å². The average Bonchev–Trinajstić information content (AvgIpc) is 2.63. The molecule has 1 heterocycles. The predicted molar refractivity (Wildman–Crippen MR) is 98.6 cm³/mol. The second-order valence-corrected chi connectivity index (χ2v) is 8.12. The number of hydrogen-bond donors (Lipinski definition) is 1. The van der Waals surface area contributed by atoms with E-state index in [0.717, 1.165) is 11.1 Å². The molecular weight excluding hydrogens is 355 g/mol. The van der Waals surface area contributed by atoms with Crippen LogP contribution in [0.25, 0.3) is 0 Å². The Bertz CT molecular complexity index is 809. The molecule has 0 aromatic heterocycles. The molecule has 140 valence electrons. The van der Waals surface area contributed by atoms with Crippen LogP contribution >= 0.6 is 0 Å². The first kappa shape index (κ1) is 19.0. The van der Waals surface area contributed by atoms with Crippen molar-refractivity contribution in [1.29, 1.82) is 0 Å². The predicted octanol–water partition coefficient (Wildman–Crippen LogP) is 2.32. The Labute approximate surface area is 153 Å². The number of nitrogens with zero attached hydrogens (tertiary/aromatic N) is 1. The summed E-state index contributed by atoms with van der Waals surface area (Å²) in [6.07, 6.45) is 0. The van der Waals surface area contributed by atoms with Gasteiger partial charge in [-0.15, -0.1) is 0 Å². The molecule has 0 saturated carbocycles. The standard InChI is InChI=1S/C19H23FN2O3S/c20-18-8-4-7-17(13-18)19(22-9-11-25-12-10-22)14-21-26(23,24)15-16-5-2-1-3-6-16/h1-8,13,19,21H,9-12,14-15H2/t19-/m1/s1. The molecule has 26 heavy (non-hydrogen) atoms. The second-order valence-electron chi connectivity index (χ2n) is 6.31. The molecule has 1 fully saturated rings. The number of morpholine rings is 1. The van der Waals surface area contributed by atoms with Crippen molar-refractivity contribution in [3.05, 3.63) is 71.5 Å². The van der Waals surface area contributed by atoms with Crippen LogP contribution in [0.15, 0.2) is 54.6 Å². The molecule has 1 atom stereocenters. The minimum absolute atomic E-state index is 0.0766. The third-order valence-corrected chi connectivity index (χ3v) is 5.74. The Hall–Kier alpha value is -1.80. The van der Waals surface area contributed by atoms with Crippen LogP contribution in [-0.4, -0.2) is 46.2 Å². The van der Waals surface area contributed by atoms with Crippen LogP contribution in [0.3, 0.4) is 0 Å². The van der Waals surface area contributed by atoms with Crippen LogP contribution < -0.4 is 4.72 Å². The van der Waals surface area contributed by atoms with Crippen molar-refractivity contribution in [1.82, 2.24) is 9.62 Å². The van der Waals surface area contributed by atoms with Crippen LogP contribution in [-0.2, 0) is 20.5 Å². The summed E-state index contributed by atoms with van der Waals surface area (Å²) in [6.45, 7) is 2.73. The molecule has 0 bridgehead atoms. The lowest BCUT2D eigenvalue weighted by atomic mass is 10.0. The fraction of sp³-hybridized carbons (Fsp3) is 0.368. The van der Waals surface area contributed by atoms with Gasteiger partial charge in [0.25, 0.3) is 0 Å². The van der Waals surface area contributed by atoms with E-state index >= 15 is 0 Å². The van der Waals surface area contributed by atoms with Gasteiger partial charge in [-0.2, -0.15) is 0 Å². The zero-order valence-corrected chi connectivity index (χ0v) is 15.3. The molecule has 0 spiro atoms. The zero-order valence-electron chi connectivity index (χ0n) is 14.5. The minimum atomic E-state index is -3.49. The lowest BCUT2D eigenvalue weighted by Gasteiger charge is -2.34. The van der Waals surface area contributed by atoms with Gasteiger partial charge in [0.2, 0.25) is 10.0 Å². The van der Waals surface area contributed by atoms with E-state index in [-0.39, 0.29) is 24.2 Å². The van der Waals surface area contributed by atoms with Crippen molar-refractivity contribution in [3.63, 3.8) is 0 Å². The highest BCUT2D eigenvalue weighted by molar-refractivity contribution is 7.88. The van der Waals surface area contributed by atoms with Gasteiger partial charge >= 0.3 is 0 Å². The molecule has 1 aliphatic heterocycles. The molecule has 1 saturated heterocycles. The third-order valence-electron chi connectivity index (χ3n) is 4.42. The SMILES string of the molecule is O=S(=O)(Cc1ccccc1)NC[C@H](c1cccc(F)c1)N1CCOCC1. The number of hydrogen-bond acceptors (Lipinski definition) is 4. The van der Waals surface area contributed by atoms with E-state index in [1.165, 1.54) is 12.1 Å². The zero-order chi connectivity index (χ0) is 18.4. The van der Waals surface area contributed by atoms with E-state index in [2.05, 4.69) is 9.62 Å². The lowest BCUT2D eigenvalue weighted by molar-refractivity contribution is 0.0171. The molecule has 2 aromatic carbocycles. The van der Waals surface area contributed by atoms with Gasteiger partial charge in [-0.3, -0.25) is 4.90 Å². The van der Waals surface area contributed by atoms with Crippen molar-refractivity contribution >= 4 is 10.0 Å². The molecular formula is C19H23FN2O3S. The van der Waals surface area contributed by atoms with Crippen LogP contribution in [0.5, 0.6) is 0 Å². The quantitative estimate of drug-likeness (QED) is 0.803. The summed E-state index contributed by atoms with van der Waals surface area (Å²) >= 11 is 0. The van der Waals surface area contributed by atoms with Crippen LogP contribution in [0.2, 0.25) is 0 Å². The molecule has 0 amide bonds. The Kier molecular flexibility index (Phi) is 6.37. The van der Waals surface area contributed by atoms with E-state index in [1.54, 1.807) is 18.2 Å². The van der Waals surface area contributed by atoms with Gasteiger partial charge in [0.05, 0.1) is 19.0 Å². The summed E-state index contributed by atoms with van der Waals surface area (Å²) < 4.78 is 46.7. The molecule has 5 nitrogen and oxygen atoms in total. The first-order chi connectivity index (χ1) is 12.5. The van der Waals surface area contributed by atoms with Gasteiger partial charge in [-0.25, -0.2) is 17.5 Å². The summed E-state index contributed by atoms with van der Waals surface area (Å²) in [6, 6.07) is 15.1. The average molecular weight is 378 g/mol. The minimum Gasteiger partial charge on any atom is -0.379 e. The highest BCUT2D eigenvalue weighted by atomic mass is 32.2. The van der Waals surface area contributed by atoms with Crippen LogP contribution in [0.1, 0.15) is 17.2 Å². The van der Waals surface area contributed by atoms with E-state index in [9.17, 15) is 12.8 Å². The molecule has 0 aliphatic carbocycles. The van der Waals surface area contributed by atoms with Crippen LogP contribution in [0, 0.1) is 5.82 Å². The van der Waals surface area contributed by atoms with Gasteiger partial charge in [-0.1, -0.05) is 42.5 Å². The maximum atomic E-state index is 13.7. The molecule has 0 unspecified atom stereocenters. The van der Waals surface area contributed by atoms with Crippen molar-refractivity contribution in [2.75, 3.05) is 32.8 Å². The van der Waals surface area contributed by atoms with E-state index in [0.29, 0.717) is 26.3 Å². The van der Waals surface area contributed by atoms with Crippen molar-refractivity contribution in [3.8, 4) is 0 Å². The topological polar surface area (TPSA) is 58.6 Å². The number of ether oxygens (including phenoxy) is 1. The Morgan fingerprint density at radius 3 is 2.50 bits per heavy atom. The summed E-state index contributed by atoms with van der Waals surface area (Å²) in [4.78, 5) is 2.13. The number of sulfonamides is 1. The monoisotopic (exact) mass is 378 g/mol. The normalized spacial score (nSPS) is 17.1. The van der Waals surface area contributed by atoms with Gasteiger partial charge in [0, 0.05) is 25.7 Å². The van der Waals surface area contributed by atoms with Gasteiger partial charge in [0.15, 0.2) is 0 Å².